The number of thiocarbonyl (C=S) groups is 1. The summed E-state index contributed by atoms with van der Waals surface area (Å²) in [6.45, 7) is 2.50. The molecule has 0 aliphatic carbocycles. The van der Waals surface area contributed by atoms with E-state index < -0.39 is 11.8 Å². The van der Waals surface area contributed by atoms with Crippen LogP contribution in [0, 0.1) is 6.92 Å². The van der Waals surface area contributed by atoms with Gasteiger partial charge in [-0.25, -0.2) is 0 Å². The Morgan fingerprint density at radius 1 is 0.703 bits per heavy atom. The minimum atomic E-state index is -0.465. The third-order valence-electron chi connectivity index (χ3n) is 6.00. The molecule has 1 heterocycles. The van der Waals surface area contributed by atoms with Gasteiger partial charge in [-0.2, -0.15) is 0 Å². The van der Waals surface area contributed by atoms with Gasteiger partial charge < -0.3 is 4.74 Å². The number of carbonyl (C=O) groups is 2. The number of hydrogen-bond donors (Lipinski definition) is 0. The second-order valence-electron chi connectivity index (χ2n) is 8.64. The highest BCUT2D eigenvalue weighted by Crippen LogP contribution is 2.30. The van der Waals surface area contributed by atoms with Gasteiger partial charge in [-0.05, 0) is 72.7 Å². The molecule has 0 bridgehead atoms. The van der Waals surface area contributed by atoms with Crippen LogP contribution in [0.1, 0.15) is 16.7 Å². The molecule has 1 saturated heterocycles. The van der Waals surface area contributed by atoms with Crippen LogP contribution in [0.15, 0.2) is 115 Å². The summed E-state index contributed by atoms with van der Waals surface area (Å²) in [5, 5.41) is 0.115. The third kappa shape index (κ3) is 5.20. The van der Waals surface area contributed by atoms with Crippen LogP contribution in [0.5, 0.6) is 5.75 Å². The first-order valence-electron chi connectivity index (χ1n) is 11.8. The minimum Gasteiger partial charge on any atom is -0.489 e. The number of rotatable bonds is 6. The number of amides is 2. The fourth-order valence-electron chi connectivity index (χ4n) is 4.02. The Morgan fingerprint density at radius 2 is 1.22 bits per heavy atom. The minimum absolute atomic E-state index is 0.0228. The molecular weight excluding hydrogens is 480 g/mol. The summed E-state index contributed by atoms with van der Waals surface area (Å²) >= 11 is 5.64. The van der Waals surface area contributed by atoms with Crippen molar-refractivity contribution < 1.29 is 14.3 Å². The quantitative estimate of drug-likeness (QED) is 0.175. The molecule has 37 heavy (non-hydrogen) atoms. The number of nitrogens with zero attached hydrogens (tertiary/aromatic N) is 2. The number of anilines is 2. The van der Waals surface area contributed by atoms with Crippen molar-refractivity contribution >= 4 is 46.6 Å². The van der Waals surface area contributed by atoms with Gasteiger partial charge in [0.05, 0.1) is 11.4 Å². The summed E-state index contributed by atoms with van der Waals surface area (Å²) in [7, 11) is 0. The molecule has 4 aromatic rings. The van der Waals surface area contributed by atoms with Crippen molar-refractivity contribution in [3.63, 3.8) is 0 Å². The first-order chi connectivity index (χ1) is 18.0. The largest absolute Gasteiger partial charge is 0.489 e. The standard InChI is InChI=1S/C31H24N2O3S/c1-22-12-14-24(15-13-22)21-36-27-18-16-23(17-19-27)20-28-29(34)32(25-8-4-2-5-9-25)31(37)33(30(28)35)26-10-6-3-7-11-26/h2-20H,21H2,1H3. The van der Waals surface area contributed by atoms with Gasteiger partial charge in [0.1, 0.15) is 17.9 Å². The van der Waals surface area contributed by atoms with Crippen molar-refractivity contribution in [1.29, 1.82) is 0 Å². The molecule has 0 radical (unpaired) electrons. The predicted molar refractivity (Wildman–Crippen MR) is 150 cm³/mol. The van der Waals surface area contributed by atoms with Crippen LogP contribution in [0.3, 0.4) is 0 Å². The molecule has 0 aromatic heterocycles. The molecule has 5 rings (SSSR count). The van der Waals surface area contributed by atoms with E-state index in [4.69, 9.17) is 17.0 Å². The molecule has 0 N–H and O–H groups in total. The van der Waals surface area contributed by atoms with Gasteiger partial charge in [0.2, 0.25) is 0 Å². The van der Waals surface area contributed by atoms with Crippen molar-refractivity contribution in [2.75, 3.05) is 9.80 Å². The molecule has 0 spiro atoms. The fraction of sp³-hybridized carbons (Fsp3) is 0.0645. The summed E-state index contributed by atoms with van der Waals surface area (Å²) in [6.07, 6.45) is 1.60. The Hall–Kier alpha value is -4.55. The molecule has 4 aromatic carbocycles. The fourth-order valence-corrected chi connectivity index (χ4v) is 4.39. The lowest BCUT2D eigenvalue weighted by Gasteiger charge is -2.36. The van der Waals surface area contributed by atoms with Gasteiger partial charge in [0.15, 0.2) is 5.11 Å². The molecule has 1 fully saturated rings. The van der Waals surface area contributed by atoms with E-state index in [9.17, 15) is 9.59 Å². The van der Waals surface area contributed by atoms with Crippen molar-refractivity contribution in [2.24, 2.45) is 0 Å². The van der Waals surface area contributed by atoms with Crippen LogP contribution < -0.4 is 14.5 Å². The number of ether oxygens (including phenoxy) is 1. The Labute approximate surface area is 221 Å². The molecule has 1 aliphatic rings. The van der Waals surface area contributed by atoms with E-state index in [0.717, 1.165) is 5.56 Å². The maximum absolute atomic E-state index is 13.6. The summed E-state index contributed by atoms with van der Waals surface area (Å²) in [4.78, 5) is 29.9. The zero-order chi connectivity index (χ0) is 25.8. The maximum atomic E-state index is 13.6. The Morgan fingerprint density at radius 3 is 1.73 bits per heavy atom. The summed E-state index contributed by atoms with van der Waals surface area (Å²) in [5.74, 6) is -0.233. The lowest BCUT2D eigenvalue weighted by atomic mass is 10.0. The second-order valence-corrected chi connectivity index (χ2v) is 9.00. The van der Waals surface area contributed by atoms with E-state index in [-0.39, 0.29) is 10.7 Å². The summed E-state index contributed by atoms with van der Waals surface area (Å²) < 4.78 is 5.89. The monoisotopic (exact) mass is 504 g/mol. The first-order valence-corrected chi connectivity index (χ1v) is 12.3. The molecule has 0 saturated carbocycles. The predicted octanol–water partition coefficient (Wildman–Crippen LogP) is 6.32. The van der Waals surface area contributed by atoms with Gasteiger partial charge in [0, 0.05) is 0 Å². The van der Waals surface area contributed by atoms with Crippen molar-refractivity contribution in [3.05, 3.63) is 131 Å². The van der Waals surface area contributed by atoms with E-state index in [2.05, 4.69) is 12.1 Å². The maximum Gasteiger partial charge on any atom is 0.270 e. The molecule has 182 valence electrons. The highest BCUT2D eigenvalue weighted by Gasteiger charge is 2.41. The van der Waals surface area contributed by atoms with Gasteiger partial charge in [-0.1, -0.05) is 78.4 Å². The van der Waals surface area contributed by atoms with Crippen LogP contribution in [0.4, 0.5) is 11.4 Å². The molecular formula is C31H24N2O3S. The van der Waals surface area contributed by atoms with E-state index in [1.54, 1.807) is 30.3 Å². The van der Waals surface area contributed by atoms with Crippen LogP contribution in [-0.4, -0.2) is 16.9 Å². The molecule has 2 amide bonds. The van der Waals surface area contributed by atoms with Crippen molar-refractivity contribution in [1.82, 2.24) is 0 Å². The molecule has 1 aliphatic heterocycles. The first kappa shape index (κ1) is 24.2. The van der Waals surface area contributed by atoms with Gasteiger partial charge in [-0.3, -0.25) is 19.4 Å². The smallest absolute Gasteiger partial charge is 0.270 e. The Bertz CT molecular complexity index is 1400. The zero-order valence-corrected chi connectivity index (χ0v) is 21.0. The van der Waals surface area contributed by atoms with Crippen molar-refractivity contribution in [3.8, 4) is 5.75 Å². The van der Waals surface area contributed by atoms with Crippen molar-refractivity contribution in [2.45, 2.75) is 13.5 Å². The summed E-state index contributed by atoms with van der Waals surface area (Å²) in [6, 6.07) is 33.7. The van der Waals surface area contributed by atoms with Gasteiger partial charge in [-0.15, -0.1) is 0 Å². The lowest BCUT2D eigenvalue weighted by Crippen LogP contribution is -2.56. The lowest BCUT2D eigenvalue weighted by molar-refractivity contribution is -0.120. The topological polar surface area (TPSA) is 49.9 Å². The van der Waals surface area contributed by atoms with Gasteiger partial charge in [0.25, 0.3) is 11.8 Å². The highest BCUT2D eigenvalue weighted by atomic mass is 32.1. The van der Waals surface area contributed by atoms with E-state index >= 15 is 0 Å². The van der Waals surface area contributed by atoms with Crippen LogP contribution in [0.25, 0.3) is 6.08 Å². The average Bonchev–Trinajstić information content (AvgIpc) is 2.93. The zero-order valence-electron chi connectivity index (χ0n) is 20.2. The number of para-hydroxylation sites is 2. The normalized spacial score (nSPS) is 13.6. The number of hydrogen-bond acceptors (Lipinski definition) is 4. The van der Waals surface area contributed by atoms with E-state index in [1.807, 2.05) is 79.7 Å². The molecule has 0 unspecified atom stereocenters. The average molecular weight is 505 g/mol. The van der Waals surface area contributed by atoms with Crippen LogP contribution in [0.2, 0.25) is 0 Å². The third-order valence-corrected chi connectivity index (χ3v) is 6.36. The number of carbonyl (C=O) groups excluding carboxylic acids is 2. The molecule has 6 heteroatoms. The van der Waals surface area contributed by atoms with Gasteiger partial charge >= 0.3 is 0 Å². The summed E-state index contributed by atoms with van der Waals surface area (Å²) in [5.41, 5.74) is 4.19. The Kier molecular flexibility index (Phi) is 6.92. The van der Waals surface area contributed by atoms with E-state index in [0.29, 0.717) is 29.3 Å². The number of benzene rings is 4. The highest BCUT2D eigenvalue weighted by molar-refractivity contribution is 7.81. The Balaban J connectivity index is 1.44. The SMILES string of the molecule is Cc1ccc(COc2ccc(C=C3C(=O)N(c4ccccc4)C(=S)N(c4ccccc4)C3=O)cc2)cc1. The molecule has 0 atom stereocenters. The van der Waals surface area contributed by atoms with E-state index in [1.165, 1.54) is 15.4 Å². The number of aryl methyl sites for hydroxylation is 1. The molecule has 5 nitrogen and oxygen atoms in total. The van der Waals surface area contributed by atoms with Crippen LogP contribution in [-0.2, 0) is 16.2 Å². The second kappa shape index (κ2) is 10.6. The van der Waals surface area contributed by atoms with Crippen LogP contribution >= 0.6 is 12.2 Å².